The van der Waals surface area contributed by atoms with Crippen LogP contribution in [0.4, 0.5) is 5.69 Å². The van der Waals surface area contributed by atoms with Crippen LogP contribution < -0.4 is 9.64 Å². The Hall–Kier alpha value is -2.71. The normalized spacial score (nSPS) is 27.0. The van der Waals surface area contributed by atoms with E-state index in [0.29, 0.717) is 17.1 Å². The second-order valence-corrected chi connectivity index (χ2v) is 12.4. The molecule has 1 atom stereocenters. The number of hydrogen-bond donors (Lipinski definition) is 0. The first-order valence-electron chi connectivity index (χ1n) is 14.5. The van der Waals surface area contributed by atoms with Crippen molar-refractivity contribution < 1.29 is 9.47 Å². The summed E-state index contributed by atoms with van der Waals surface area (Å²) < 4.78 is 13.7. The summed E-state index contributed by atoms with van der Waals surface area (Å²) in [6, 6.07) is 9.41. The number of benzene rings is 1. The Morgan fingerprint density at radius 2 is 1.74 bits per heavy atom. The van der Waals surface area contributed by atoms with Gasteiger partial charge in [-0.05, 0) is 76.0 Å². The summed E-state index contributed by atoms with van der Waals surface area (Å²) >= 11 is 0. The zero-order valence-corrected chi connectivity index (χ0v) is 23.0. The molecule has 0 amide bonds. The lowest BCUT2D eigenvalue weighted by molar-refractivity contribution is -0.191. The molecule has 0 bridgehead atoms. The molecule has 3 saturated heterocycles. The van der Waals surface area contributed by atoms with Crippen molar-refractivity contribution in [3.63, 3.8) is 0 Å². The van der Waals surface area contributed by atoms with Crippen molar-refractivity contribution in [2.45, 2.75) is 64.9 Å². The minimum Gasteiger partial charge on any atom is -0.485 e. The van der Waals surface area contributed by atoms with Gasteiger partial charge in [0.25, 0.3) is 5.78 Å². The van der Waals surface area contributed by atoms with E-state index < -0.39 is 0 Å². The Kier molecular flexibility index (Phi) is 6.08. The first-order chi connectivity index (χ1) is 18.4. The molecule has 1 aliphatic carbocycles. The van der Waals surface area contributed by atoms with E-state index in [-0.39, 0.29) is 6.10 Å². The number of nitrogens with zero attached hydrogens (tertiary/aromatic N) is 6. The summed E-state index contributed by atoms with van der Waals surface area (Å²) in [6.45, 7) is 13.6. The first kappa shape index (κ1) is 24.3. The van der Waals surface area contributed by atoms with Crippen LogP contribution in [0, 0.1) is 32.1 Å². The zero-order chi connectivity index (χ0) is 25.9. The zero-order valence-electron chi connectivity index (χ0n) is 23.0. The van der Waals surface area contributed by atoms with E-state index in [2.05, 4.69) is 49.1 Å². The summed E-state index contributed by atoms with van der Waals surface area (Å²) in [6.07, 6.45) is 6.53. The van der Waals surface area contributed by atoms with Crippen molar-refractivity contribution >= 4 is 11.5 Å². The predicted octanol–water partition coefficient (Wildman–Crippen LogP) is 4.31. The largest absolute Gasteiger partial charge is 0.485 e. The van der Waals surface area contributed by atoms with Crippen LogP contribution >= 0.6 is 0 Å². The number of anilines is 1. The lowest BCUT2D eigenvalue weighted by Crippen LogP contribution is -2.66. The first-order valence-corrected chi connectivity index (χ1v) is 14.5. The van der Waals surface area contributed by atoms with Crippen LogP contribution in [-0.2, 0) is 4.74 Å². The third-order valence-electron chi connectivity index (χ3n) is 9.40. The number of fused-ring (bicyclic) bond motifs is 1. The monoisotopic (exact) mass is 516 g/mol. The van der Waals surface area contributed by atoms with Gasteiger partial charge in [0.2, 0.25) is 0 Å². The Labute approximate surface area is 225 Å². The molecule has 8 heteroatoms. The van der Waals surface area contributed by atoms with E-state index in [1.165, 1.54) is 56.6 Å². The number of aromatic nitrogens is 4. The molecule has 4 aliphatic rings. The van der Waals surface area contributed by atoms with E-state index in [0.717, 1.165) is 61.6 Å². The minimum atomic E-state index is 0.143. The lowest BCUT2D eigenvalue weighted by atomic mass is 9.75. The van der Waals surface area contributed by atoms with E-state index in [4.69, 9.17) is 9.47 Å². The average molecular weight is 517 g/mol. The van der Waals surface area contributed by atoms with Gasteiger partial charge in [0.15, 0.2) is 5.75 Å². The molecule has 5 heterocycles. The Balaban J connectivity index is 0.921. The van der Waals surface area contributed by atoms with Crippen LogP contribution in [0.3, 0.4) is 0 Å². The molecular formula is C30H40N6O2. The van der Waals surface area contributed by atoms with E-state index in [1.807, 2.05) is 20.8 Å². The van der Waals surface area contributed by atoms with Crippen LogP contribution in [0.2, 0.25) is 0 Å². The maximum absolute atomic E-state index is 6.49. The van der Waals surface area contributed by atoms with E-state index in [9.17, 15) is 0 Å². The molecule has 2 aromatic heterocycles. The summed E-state index contributed by atoms with van der Waals surface area (Å²) in [7, 11) is 0. The molecule has 1 saturated carbocycles. The summed E-state index contributed by atoms with van der Waals surface area (Å²) in [5, 5.41) is 4.48. The van der Waals surface area contributed by atoms with Crippen LogP contribution in [0.15, 0.2) is 24.3 Å². The number of hydrogen-bond acceptors (Lipinski definition) is 7. The highest BCUT2D eigenvalue weighted by atomic mass is 16.5. The molecule has 0 N–H and O–H groups in total. The van der Waals surface area contributed by atoms with Gasteiger partial charge >= 0.3 is 0 Å². The minimum absolute atomic E-state index is 0.143. The highest BCUT2D eigenvalue weighted by Gasteiger charge is 2.49. The smallest absolute Gasteiger partial charge is 0.253 e. The fourth-order valence-corrected chi connectivity index (χ4v) is 7.26. The fourth-order valence-electron chi connectivity index (χ4n) is 7.26. The number of likely N-dealkylation sites (tertiary alicyclic amines) is 1. The summed E-state index contributed by atoms with van der Waals surface area (Å²) in [4.78, 5) is 14.1. The van der Waals surface area contributed by atoms with Gasteiger partial charge in [-0.25, -0.2) is 4.98 Å². The fraction of sp³-hybridized carbons (Fsp3) is 0.633. The van der Waals surface area contributed by atoms with Crippen LogP contribution in [0.5, 0.6) is 5.75 Å². The number of aryl methyl sites for hydroxylation is 3. The Bertz CT molecular complexity index is 1300. The standard InChI is InChI=1S/C30H40N6O2/c1-20-28(21(2)36-29(31-20)32-22(3)33-36)38-27-12-13-35(15-27)26-10-8-25(9-11-26)24-6-4-23(5-7-24)14-34-16-30(17-34)18-37-19-30/h8-11,23-24,27H,4-7,12-19H2,1-3H3. The lowest BCUT2D eigenvalue weighted by Gasteiger charge is -2.56. The van der Waals surface area contributed by atoms with Crippen molar-refractivity contribution in [2.24, 2.45) is 11.3 Å². The van der Waals surface area contributed by atoms with Gasteiger partial charge in [-0.15, -0.1) is 5.10 Å². The second-order valence-electron chi connectivity index (χ2n) is 12.4. The molecule has 1 unspecified atom stereocenters. The summed E-state index contributed by atoms with van der Waals surface area (Å²) in [5.41, 5.74) is 5.20. The van der Waals surface area contributed by atoms with Gasteiger partial charge in [0, 0.05) is 43.7 Å². The molecule has 1 spiro atoms. The van der Waals surface area contributed by atoms with E-state index in [1.54, 1.807) is 4.52 Å². The number of rotatable bonds is 6. The van der Waals surface area contributed by atoms with Gasteiger partial charge in [-0.3, -0.25) is 0 Å². The third kappa shape index (κ3) is 4.45. The quantitative estimate of drug-likeness (QED) is 0.484. The van der Waals surface area contributed by atoms with Crippen molar-refractivity contribution in [3.8, 4) is 5.75 Å². The van der Waals surface area contributed by atoms with Crippen LogP contribution in [-0.4, -0.2) is 76.5 Å². The van der Waals surface area contributed by atoms with Gasteiger partial charge in [-0.2, -0.15) is 9.50 Å². The molecular weight excluding hydrogens is 476 g/mol. The van der Waals surface area contributed by atoms with Crippen LogP contribution in [0.25, 0.3) is 5.78 Å². The molecule has 8 nitrogen and oxygen atoms in total. The maximum atomic E-state index is 6.49. The van der Waals surface area contributed by atoms with Gasteiger partial charge in [0.1, 0.15) is 11.9 Å². The number of ether oxygens (including phenoxy) is 2. The maximum Gasteiger partial charge on any atom is 0.253 e. The molecule has 202 valence electrons. The third-order valence-corrected chi connectivity index (χ3v) is 9.40. The van der Waals surface area contributed by atoms with Crippen LogP contribution in [0.1, 0.15) is 60.8 Å². The average Bonchev–Trinajstić information content (AvgIpc) is 3.49. The summed E-state index contributed by atoms with van der Waals surface area (Å²) in [5.74, 6) is 3.80. The Morgan fingerprint density at radius 1 is 0.974 bits per heavy atom. The topological polar surface area (TPSA) is 68.0 Å². The predicted molar refractivity (Wildman–Crippen MR) is 147 cm³/mol. The molecule has 4 fully saturated rings. The Morgan fingerprint density at radius 3 is 2.45 bits per heavy atom. The van der Waals surface area contributed by atoms with E-state index >= 15 is 0 Å². The molecule has 38 heavy (non-hydrogen) atoms. The SMILES string of the molecule is Cc1nc2nc(C)c(OC3CCN(c4ccc(C5CCC(CN6CC7(COC7)C6)CC5)cc4)C3)c(C)n2n1. The second kappa shape index (κ2) is 9.49. The van der Waals surface area contributed by atoms with Crippen molar-refractivity contribution in [1.29, 1.82) is 0 Å². The highest BCUT2D eigenvalue weighted by Crippen LogP contribution is 2.41. The highest BCUT2D eigenvalue weighted by molar-refractivity contribution is 5.49. The molecule has 3 aliphatic heterocycles. The molecule has 0 radical (unpaired) electrons. The molecule has 7 rings (SSSR count). The van der Waals surface area contributed by atoms with Crippen molar-refractivity contribution in [1.82, 2.24) is 24.5 Å². The van der Waals surface area contributed by atoms with Crippen molar-refractivity contribution in [3.05, 3.63) is 47.0 Å². The van der Waals surface area contributed by atoms with Gasteiger partial charge in [0.05, 0.1) is 31.1 Å². The van der Waals surface area contributed by atoms with Gasteiger partial charge < -0.3 is 19.3 Å². The molecule has 1 aromatic carbocycles. The van der Waals surface area contributed by atoms with Gasteiger partial charge in [-0.1, -0.05) is 12.1 Å². The van der Waals surface area contributed by atoms with Crippen molar-refractivity contribution in [2.75, 3.05) is 50.8 Å². The molecule has 3 aromatic rings.